The number of benzene rings is 1. The Bertz CT molecular complexity index is 557. The van der Waals surface area contributed by atoms with Crippen molar-refractivity contribution < 1.29 is 4.79 Å². The molecule has 0 unspecified atom stereocenters. The SMILES string of the molecule is C[C@H](C(=O)NC1CC1)n1cnc2ccccc21. The zero-order chi connectivity index (χ0) is 11.8. The van der Waals surface area contributed by atoms with E-state index >= 15 is 0 Å². The van der Waals surface area contributed by atoms with Crippen LogP contribution in [0.4, 0.5) is 0 Å². The van der Waals surface area contributed by atoms with Crippen molar-refractivity contribution in [2.24, 2.45) is 0 Å². The largest absolute Gasteiger partial charge is 0.352 e. The van der Waals surface area contributed by atoms with E-state index in [1.54, 1.807) is 6.33 Å². The smallest absolute Gasteiger partial charge is 0.243 e. The zero-order valence-electron chi connectivity index (χ0n) is 9.76. The molecule has 88 valence electrons. The molecule has 1 N–H and O–H groups in total. The number of fused-ring (bicyclic) bond motifs is 1. The Balaban J connectivity index is 1.89. The molecule has 1 fully saturated rings. The molecular weight excluding hydrogens is 214 g/mol. The van der Waals surface area contributed by atoms with E-state index in [-0.39, 0.29) is 11.9 Å². The van der Waals surface area contributed by atoms with Crippen molar-refractivity contribution in [3.8, 4) is 0 Å². The minimum Gasteiger partial charge on any atom is -0.352 e. The Morgan fingerprint density at radius 2 is 2.24 bits per heavy atom. The third-order valence-electron chi connectivity index (χ3n) is 3.20. The van der Waals surface area contributed by atoms with Crippen LogP contribution in [0.15, 0.2) is 30.6 Å². The standard InChI is InChI=1S/C13H15N3O/c1-9(13(17)15-10-6-7-10)16-8-14-11-4-2-3-5-12(11)16/h2-5,8-10H,6-7H2,1H3,(H,15,17)/t9-/m1/s1. The topological polar surface area (TPSA) is 46.9 Å². The average molecular weight is 229 g/mol. The van der Waals surface area contributed by atoms with E-state index in [1.165, 1.54) is 0 Å². The highest BCUT2D eigenvalue weighted by Crippen LogP contribution is 2.21. The first kappa shape index (κ1) is 10.3. The lowest BCUT2D eigenvalue weighted by Gasteiger charge is -2.14. The molecule has 1 atom stereocenters. The number of rotatable bonds is 3. The molecule has 0 aliphatic heterocycles. The summed E-state index contributed by atoms with van der Waals surface area (Å²) in [5.74, 6) is 0.0793. The normalized spacial score (nSPS) is 17.0. The third-order valence-corrected chi connectivity index (χ3v) is 3.20. The fourth-order valence-electron chi connectivity index (χ4n) is 1.96. The van der Waals surface area contributed by atoms with Gasteiger partial charge in [-0.25, -0.2) is 4.98 Å². The van der Waals surface area contributed by atoms with E-state index in [0.717, 1.165) is 23.9 Å². The molecule has 17 heavy (non-hydrogen) atoms. The summed E-state index contributed by atoms with van der Waals surface area (Å²) in [4.78, 5) is 16.3. The quantitative estimate of drug-likeness (QED) is 0.873. The van der Waals surface area contributed by atoms with E-state index in [0.29, 0.717) is 6.04 Å². The maximum Gasteiger partial charge on any atom is 0.243 e. The second kappa shape index (κ2) is 3.87. The van der Waals surface area contributed by atoms with E-state index < -0.39 is 0 Å². The van der Waals surface area contributed by atoms with Crippen LogP contribution < -0.4 is 5.32 Å². The number of nitrogens with zero attached hydrogens (tertiary/aromatic N) is 2. The van der Waals surface area contributed by atoms with Crippen LogP contribution in [0.5, 0.6) is 0 Å². The molecule has 0 spiro atoms. The van der Waals surface area contributed by atoms with Gasteiger partial charge in [-0.15, -0.1) is 0 Å². The molecule has 1 aliphatic rings. The number of carbonyl (C=O) groups excluding carboxylic acids is 1. The van der Waals surface area contributed by atoms with Gasteiger partial charge in [-0.2, -0.15) is 0 Å². The molecule has 1 aliphatic carbocycles. The number of imidazole rings is 1. The van der Waals surface area contributed by atoms with Crippen LogP contribution in [0.2, 0.25) is 0 Å². The number of carbonyl (C=O) groups is 1. The number of hydrogen-bond donors (Lipinski definition) is 1. The second-order valence-electron chi connectivity index (χ2n) is 4.60. The molecule has 4 heteroatoms. The number of nitrogens with one attached hydrogen (secondary N) is 1. The molecule has 1 aromatic heterocycles. The maximum atomic E-state index is 12.0. The van der Waals surface area contributed by atoms with Crippen LogP contribution in [-0.4, -0.2) is 21.5 Å². The van der Waals surface area contributed by atoms with Crippen molar-refractivity contribution in [3.63, 3.8) is 0 Å². The first-order chi connectivity index (χ1) is 8.25. The molecule has 1 saturated carbocycles. The molecule has 2 aromatic rings. The number of amides is 1. The molecule has 0 bridgehead atoms. The van der Waals surface area contributed by atoms with Gasteiger partial charge in [0, 0.05) is 6.04 Å². The van der Waals surface area contributed by atoms with Crippen molar-refractivity contribution in [2.75, 3.05) is 0 Å². The predicted octanol–water partition coefficient (Wildman–Crippen LogP) is 1.88. The van der Waals surface area contributed by atoms with Crippen LogP contribution in [0, 0.1) is 0 Å². The molecule has 0 radical (unpaired) electrons. The summed E-state index contributed by atoms with van der Waals surface area (Å²) in [6, 6.07) is 8.06. The summed E-state index contributed by atoms with van der Waals surface area (Å²) < 4.78 is 1.92. The van der Waals surface area contributed by atoms with Gasteiger partial charge in [0.1, 0.15) is 6.04 Å². The van der Waals surface area contributed by atoms with E-state index in [9.17, 15) is 4.79 Å². The lowest BCUT2D eigenvalue weighted by atomic mass is 10.2. The molecule has 1 amide bonds. The summed E-state index contributed by atoms with van der Waals surface area (Å²) in [6.07, 6.45) is 3.97. The summed E-state index contributed by atoms with van der Waals surface area (Å²) in [7, 11) is 0. The molecule has 1 heterocycles. The van der Waals surface area contributed by atoms with Crippen LogP contribution in [-0.2, 0) is 4.79 Å². The van der Waals surface area contributed by atoms with Gasteiger partial charge in [0.15, 0.2) is 0 Å². The minimum atomic E-state index is -0.206. The Kier molecular flexibility index (Phi) is 2.35. The summed E-state index contributed by atoms with van der Waals surface area (Å²) >= 11 is 0. The van der Waals surface area contributed by atoms with E-state index in [4.69, 9.17) is 0 Å². The second-order valence-corrected chi connectivity index (χ2v) is 4.60. The van der Waals surface area contributed by atoms with Crippen LogP contribution >= 0.6 is 0 Å². The summed E-state index contributed by atoms with van der Waals surface area (Å²) in [5.41, 5.74) is 1.93. The van der Waals surface area contributed by atoms with Crippen molar-refractivity contribution in [2.45, 2.75) is 31.8 Å². The summed E-state index contributed by atoms with van der Waals surface area (Å²) in [5, 5.41) is 3.02. The van der Waals surface area contributed by atoms with Crippen molar-refractivity contribution in [3.05, 3.63) is 30.6 Å². The zero-order valence-corrected chi connectivity index (χ0v) is 9.76. The predicted molar refractivity (Wildman–Crippen MR) is 65.6 cm³/mol. The Morgan fingerprint density at radius 1 is 1.47 bits per heavy atom. The number of aromatic nitrogens is 2. The van der Waals surface area contributed by atoms with E-state index in [1.807, 2.05) is 35.8 Å². The van der Waals surface area contributed by atoms with Gasteiger partial charge >= 0.3 is 0 Å². The first-order valence-corrected chi connectivity index (χ1v) is 5.97. The van der Waals surface area contributed by atoms with Crippen LogP contribution in [0.25, 0.3) is 11.0 Å². The Hall–Kier alpha value is -1.84. The monoisotopic (exact) mass is 229 g/mol. The molecule has 4 nitrogen and oxygen atoms in total. The van der Waals surface area contributed by atoms with Gasteiger partial charge in [-0.3, -0.25) is 4.79 Å². The highest BCUT2D eigenvalue weighted by Gasteiger charge is 2.26. The molecule has 3 rings (SSSR count). The van der Waals surface area contributed by atoms with Crippen LogP contribution in [0.1, 0.15) is 25.8 Å². The lowest BCUT2D eigenvalue weighted by Crippen LogP contribution is -2.32. The van der Waals surface area contributed by atoms with Gasteiger partial charge in [0.05, 0.1) is 17.4 Å². The Morgan fingerprint density at radius 3 is 3.00 bits per heavy atom. The first-order valence-electron chi connectivity index (χ1n) is 5.97. The van der Waals surface area contributed by atoms with Crippen LogP contribution in [0.3, 0.4) is 0 Å². The fraction of sp³-hybridized carbons (Fsp3) is 0.385. The van der Waals surface area contributed by atoms with Gasteiger partial charge in [-0.1, -0.05) is 12.1 Å². The van der Waals surface area contributed by atoms with Gasteiger partial charge in [0.2, 0.25) is 5.91 Å². The van der Waals surface area contributed by atoms with Crippen molar-refractivity contribution in [1.82, 2.24) is 14.9 Å². The van der Waals surface area contributed by atoms with E-state index in [2.05, 4.69) is 10.3 Å². The number of hydrogen-bond acceptors (Lipinski definition) is 2. The van der Waals surface area contributed by atoms with Crippen molar-refractivity contribution >= 4 is 16.9 Å². The molecular formula is C13H15N3O. The van der Waals surface area contributed by atoms with Crippen molar-refractivity contribution in [1.29, 1.82) is 0 Å². The third kappa shape index (κ3) is 1.90. The van der Waals surface area contributed by atoms with Gasteiger partial charge < -0.3 is 9.88 Å². The molecule has 0 saturated heterocycles. The van der Waals surface area contributed by atoms with Gasteiger partial charge in [0.25, 0.3) is 0 Å². The lowest BCUT2D eigenvalue weighted by molar-refractivity contribution is -0.123. The fourth-order valence-corrected chi connectivity index (χ4v) is 1.96. The molecule has 1 aromatic carbocycles. The number of para-hydroxylation sites is 2. The van der Waals surface area contributed by atoms with Gasteiger partial charge in [-0.05, 0) is 31.9 Å². The minimum absolute atomic E-state index is 0.0793. The maximum absolute atomic E-state index is 12.0. The highest BCUT2D eigenvalue weighted by atomic mass is 16.2. The Labute approximate surface area is 99.6 Å². The highest BCUT2D eigenvalue weighted by molar-refractivity contribution is 5.83. The summed E-state index contributed by atoms with van der Waals surface area (Å²) in [6.45, 7) is 1.91. The average Bonchev–Trinajstić information content (AvgIpc) is 3.05.